The summed E-state index contributed by atoms with van der Waals surface area (Å²) in [7, 11) is 0. The second-order valence-corrected chi connectivity index (χ2v) is 4.40. The van der Waals surface area contributed by atoms with E-state index in [1.807, 2.05) is 6.92 Å². The summed E-state index contributed by atoms with van der Waals surface area (Å²) in [5, 5.41) is 0. The number of alkyl halides is 4. The van der Waals surface area contributed by atoms with Crippen molar-refractivity contribution in [1.29, 1.82) is 0 Å². The molecular formula is C13H15ClF3NO. The third-order valence-electron chi connectivity index (χ3n) is 2.60. The summed E-state index contributed by atoms with van der Waals surface area (Å²) in [6, 6.07) is 4.80. The van der Waals surface area contributed by atoms with E-state index in [9.17, 15) is 18.0 Å². The summed E-state index contributed by atoms with van der Waals surface area (Å²) in [5.41, 5.74) is -1.23. The van der Waals surface area contributed by atoms with E-state index in [1.165, 1.54) is 23.1 Å². The molecule has 1 rings (SSSR count). The molecule has 0 aliphatic carbocycles. The Morgan fingerprint density at radius 3 is 2.42 bits per heavy atom. The minimum atomic E-state index is -4.54. The molecule has 0 aliphatic rings. The Morgan fingerprint density at radius 1 is 1.26 bits per heavy atom. The number of rotatable bonds is 5. The topological polar surface area (TPSA) is 20.3 Å². The predicted octanol–water partition coefficient (Wildman–Crippen LogP) is 3.80. The highest BCUT2D eigenvalue weighted by molar-refractivity contribution is 6.18. The number of hydrogen-bond donors (Lipinski definition) is 0. The van der Waals surface area contributed by atoms with Gasteiger partial charge in [-0.05, 0) is 18.6 Å². The van der Waals surface area contributed by atoms with Gasteiger partial charge in [0, 0.05) is 19.0 Å². The fourth-order valence-corrected chi connectivity index (χ4v) is 1.98. The summed E-state index contributed by atoms with van der Waals surface area (Å²) in [6.45, 7) is 2.47. The van der Waals surface area contributed by atoms with E-state index in [-0.39, 0.29) is 18.0 Å². The molecule has 0 N–H and O–H groups in total. The molecule has 106 valence electrons. The van der Waals surface area contributed by atoms with Gasteiger partial charge in [-0.2, -0.15) is 13.2 Å². The molecule has 0 radical (unpaired) electrons. The van der Waals surface area contributed by atoms with Crippen molar-refractivity contribution in [3.05, 3.63) is 35.4 Å². The number of benzene rings is 1. The minimum absolute atomic E-state index is 0.194. The second-order valence-electron chi connectivity index (χ2n) is 4.02. The smallest absolute Gasteiger partial charge is 0.337 e. The molecule has 19 heavy (non-hydrogen) atoms. The van der Waals surface area contributed by atoms with E-state index < -0.39 is 17.6 Å². The van der Waals surface area contributed by atoms with E-state index in [0.717, 1.165) is 6.07 Å². The van der Waals surface area contributed by atoms with Crippen LogP contribution in [-0.4, -0.2) is 29.8 Å². The number of hydrogen-bond acceptors (Lipinski definition) is 1. The molecule has 0 unspecified atom stereocenters. The Labute approximate surface area is 115 Å². The lowest BCUT2D eigenvalue weighted by Gasteiger charge is -2.22. The normalized spacial score (nSPS) is 11.4. The van der Waals surface area contributed by atoms with Gasteiger partial charge in [0.2, 0.25) is 0 Å². The predicted molar refractivity (Wildman–Crippen MR) is 68.4 cm³/mol. The van der Waals surface area contributed by atoms with Gasteiger partial charge < -0.3 is 4.90 Å². The van der Waals surface area contributed by atoms with Gasteiger partial charge in [-0.15, -0.1) is 11.6 Å². The van der Waals surface area contributed by atoms with Crippen LogP contribution in [0, 0.1) is 0 Å². The van der Waals surface area contributed by atoms with E-state index in [0.29, 0.717) is 13.0 Å². The summed E-state index contributed by atoms with van der Waals surface area (Å²) >= 11 is 5.58. The maximum Gasteiger partial charge on any atom is 0.417 e. The van der Waals surface area contributed by atoms with Crippen LogP contribution in [0.15, 0.2) is 24.3 Å². The largest absolute Gasteiger partial charge is 0.417 e. The SMILES string of the molecule is CCCN(CCCl)C(=O)c1ccccc1C(F)(F)F. The quantitative estimate of drug-likeness (QED) is 0.756. The van der Waals surface area contributed by atoms with Crippen LogP contribution in [0.3, 0.4) is 0 Å². The van der Waals surface area contributed by atoms with Gasteiger partial charge in [-0.25, -0.2) is 0 Å². The molecule has 0 fully saturated rings. The molecule has 6 heteroatoms. The molecule has 0 aromatic heterocycles. The Morgan fingerprint density at radius 2 is 1.89 bits per heavy atom. The first-order chi connectivity index (χ1) is 8.91. The van der Waals surface area contributed by atoms with Crippen LogP contribution in [0.2, 0.25) is 0 Å². The van der Waals surface area contributed by atoms with Crippen LogP contribution in [0.1, 0.15) is 29.3 Å². The lowest BCUT2D eigenvalue weighted by molar-refractivity contribution is -0.138. The first kappa shape index (κ1) is 15.8. The molecule has 0 bridgehead atoms. The third-order valence-corrected chi connectivity index (χ3v) is 2.77. The summed E-state index contributed by atoms with van der Waals surface area (Å²) in [4.78, 5) is 13.5. The second kappa shape index (κ2) is 6.80. The van der Waals surface area contributed by atoms with Gasteiger partial charge in [-0.3, -0.25) is 4.79 Å². The van der Waals surface area contributed by atoms with Crippen molar-refractivity contribution < 1.29 is 18.0 Å². The van der Waals surface area contributed by atoms with Gasteiger partial charge in [0.25, 0.3) is 5.91 Å². The van der Waals surface area contributed by atoms with Crippen LogP contribution < -0.4 is 0 Å². The number of amides is 1. The van der Waals surface area contributed by atoms with E-state index in [1.54, 1.807) is 0 Å². The van der Waals surface area contributed by atoms with Crippen molar-refractivity contribution in [2.24, 2.45) is 0 Å². The molecule has 0 aliphatic heterocycles. The fourth-order valence-electron chi connectivity index (χ4n) is 1.77. The average molecular weight is 294 g/mol. The summed E-state index contributed by atoms with van der Waals surface area (Å²) < 4.78 is 38.5. The standard InChI is InChI=1S/C13H15ClF3NO/c1-2-8-18(9-7-14)12(19)10-5-3-4-6-11(10)13(15,16)17/h3-6H,2,7-9H2,1H3. The van der Waals surface area contributed by atoms with Crippen molar-refractivity contribution in [3.63, 3.8) is 0 Å². The van der Waals surface area contributed by atoms with Crippen LogP contribution >= 0.6 is 11.6 Å². The fraction of sp³-hybridized carbons (Fsp3) is 0.462. The molecule has 0 atom stereocenters. The van der Waals surface area contributed by atoms with Crippen LogP contribution in [0.5, 0.6) is 0 Å². The maximum atomic E-state index is 12.8. The van der Waals surface area contributed by atoms with Crippen molar-refractivity contribution in [1.82, 2.24) is 4.90 Å². The number of nitrogens with zero attached hydrogens (tertiary/aromatic N) is 1. The highest BCUT2D eigenvalue weighted by Gasteiger charge is 2.35. The first-order valence-electron chi connectivity index (χ1n) is 5.93. The van der Waals surface area contributed by atoms with Gasteiger partial charge in [0.05, 0.1) is 11.1 Å². The van der Waals surface area contributed by atoms with Crippen LogP contribution in [0.25, 0.3) is 0 Å². The van der Waals surface area contributed by atoms with E-state index in [2.05, 4.69) is 0 Å². The highest BCUT2D eigenvalue weighted by atomic mass is 35.5. The van der Waals surface area contributed by atoms with Crippen molar-refractivity contribution in [3.8, 4) is 0 Å². The molecule has 0 spiro atoms. The zero-order valence-corrected chi connectivity index (χ0v) is 11.3. The van der Waals surface area contributed by atoms with Gasteiger partial charge in [0.1, 0.15) is 0 Å². The van der Waals surface area contributed by atoms with Crippen LogP contribution in [0.4, 0.5) is 13.2 Å². The van der Waals surface area contributed by atoms with Gasteiger partial charge in [-0.1, -0.05) is 19.1 Å². The van der Waals surface area contributed by atoms with Crippen molar-refractivity contribution >= 4 is 17.5 Å². The first-order valence-corrected chi connectivity index (χ1v) is 6.46. The third kappa shape index (κ3) is 4.13. The minimum Gasteiger partial charge on any atom is -0.337 e. The molecule has 0 saturated carbocycles. The summed E-state index contributed by atoms with van der Waals surface area (Å²) in [5.74, 6) is -0.435. The Bertz CT molecular complexity index is 428. The molecule has 0 heterocycles. The lowest BCUT2D eigenvalue weighted by atomic mass is 10.1. The Balaban J connectivity index is 3.11. The van der Waals surface area contributed by atoms with E-state index in [4.69, 9.17) is 11.6 Å². The zero-order valence-electron chi connectivity index (χ0n) is 10.5. The van der Waals surface area contributed by atoms with Crippen LogP contribution in [-0.2, 0) is 6.18 Å². The molecule has 1 aromatic carbocycles. The lowest BCUT2D eigenvalue weighted by Crippen LogP contribution is -2.34. The molecule has 2 nitrogen and oxygen atoms in total. The average Bonchev–Trinajstić information content (AvgIpc) is 2.37. The molecular weight excluding hydrogens is 279 g/mol. The number of carbonyl (C=O) groups is 1. The van der Waals surface area contributed by atoms with E-state index >= 15 is 0 Å². The number of carbonyl (C=O) groups excluding carboxylic acids is 1. The molecule has 0 saturated heterocycles. The monoisotopic (exact) mass is 293 g/mol. The molecule has 1 amide bonds. The molecule has 1 aromatic rings. The number of halogens is 4. The summed E-state index contributed by atoms with van der Waals surface area (Å²) in [6.07, 6.45) is -3.87. The van der Waals surface area contributed by atoms with Gasteiger partial charge in [0.15, 0.2) is 0 Å². The highest BCUT2D eigenvalue weighted by Crippen LogP contribution is 2.32. The Kier molecular flexibility index (Phi) is 5.66. The van der Waals surface area contributed by atoms with Crippen molar-refractivity contribution in [2.45, 2.75) is 19.5 Å². The van der Waals surface area contributed by atoms with Gasteiger partial charge >= 0.3 is 6.18 Å². The maximum absolute atomic E-state index is 12.8. The van der Waals surface area contributed by atoms with Crippen molar-refractivity contribution in [2.75, 3.05) is 19.0 Å². The Hall–Kier alpha value is -1.23. The zero-order chi connectivity index (χ0) is 14.5.